The van der Waals surface area contributed by atoms with Gasteiger partial charge in [0.2, 0.25) is 0 Å². The normalized spacial score (nSPS) is 12.1. The van der Waals surface area contributed by atoms with Crippen LogP contribution in [0.3, 0.4) is 0 Å². The van der Waals surface area contributed by atoms with Crippen molar-refractivity contribution in [1.82, 2.24) is 0 Å². The molecule has 0 radical (unpaired) electrons. The van der Waals surface area contributed by atoms with Crippen molar-refractivity contribution in [2.24, 2.45) is 0 Å². The molecule has 0 N–H and O–H groups in total. The lowest BCUT2D eigenvalue weighted by atomic mass is 10.1. The van der Waals surface area contributed by atoms with Gasteiger partial charge in [0.1, 0.15) is 0 Å². The van der Waals surface area contributed by atoms with E-state index in [0.717, 1.165) is 12.1 Å². The Morgan fingerprint density at radius 1 is 0.657 bits per heavy atom. The molecule has 0 saturated heterocycles. The number of alkyl halides is 3. The topological polar surface area (TPSA) is 34.1 Å². The molecular formula is C28H18F3O2PS. The molecule has 1 aromatic heterocycles. The average Bonchev–Trinajstić information content (AvgIpc) is 2.89. The van der Waals surface area contributed by atoms with Crippen molar-refractivity contribution >= 4 is 44.5 Å². The van der Waals surface area contributed by atoms with Gasteiger partial charge in [0.15, 0.2) is 12.6 Å². The van der Waals surface area contributed by atoms with Crippen LogP contribution in [0.15, 0.2) is 114 Å². The zero-order chi connectivity index (χ0) is 24.6. The number of fused-ring (bicyclic) bond motifs is 1. The van der Waals surface area contributed by atoms with E-state index < -0.39 is 18.9 Å². The van der Waals surface area contributed by atoms with E-state index in [0.29, 0.717) is 31.1 Å². The van der Waals surface area contributed by atoms with Gasteiger partial charge in [-0.1, -0.05) is 84.9 Å². The lowest BCUT2D eigenvalue weighted by Crippen LogP contribution is -2.35. The Balaban J connectivity index is 1.90. The molecule has 5 aromatic rings. The van der Waals surface area contributed by atoms with Crippen LogP contribution in [0, 0.1) is 0 Å². The highest BCUT2D eigenvalue weighted by Crippen LogP contribution is 2.46. The second-order valence-electron chi connectivity index (χ2n) is 7.96. The molecule has 0 saturated carbocycles. The first-order valence-electron chi connectivity index (χ1n) is 10.8. The van der Waals surface area contributed by atoms with Crippen molar-refractivity contribution in [2.45, 2.75) is 6.18 Å². The Morgan fingerprint density at radius 3 is 1.71 bits per heavy atom. The van der Waals surface area contributed by atoms with Gasteiger partial charge in [0, 0.05) is 20.7 Å². The van der Waals surface area contributed by atoms with Crippen LogP contribution in [0.4, 0.5) is 13.2 Å². The zero-order valence-corrected chi connectivity index (χ0v) is 19.9. The molecule has 174 valence electrons. The minimum absolute atomic E-state index is 0.110. The molecule has 0 atom stereocenters. The van der Waals surface area contributed by atoms with Gasteiger partial charge in [-0.15, -0.1) is 11.3 Å². The molecule has 35 heavy (non-hydrogen) atoms. The Labute approximate surface area is 203 Å². The van der Waals surface area contributed by atoms with Crippen molar-refractivity contribution in [3.8, 4) is 10.4 Å². The highest BCUT2D eigenvalue weighted by Gasteiger charge is 2.36. The standard InChI is InChI=1S/C28H18F3O2PS/c29-28(30,31)20-17-15-19(16-18-20)27-26(25(32)23-13-7-8-14-24(23)35-27)34(33,21-9-3-1-4-10-21)22-11-5-2-6-12-22/h1-18H. The highest BCUT2D eigenvalue weighted by molar-refractivity contribution is 7.85. The quantitative estimate of drug-likeness (QED) is 0.258. The van der Waals surface area contributed by atoms with Gasteiger partial charge in [-0.25, -0.2) is 0 Å². The Kier molecular flexibility index (Phi) is 5.96. The Bertz CT molecular complexity index is 1570. The Morgan fingerprint density at radius 2 is 1.17 bits per heavy atom. The molecule has 7 heteroatoms. The molecule has 0 amide bonds. The van der Waals surface area contributed by atoms with E-state index in [1.165, 1.54) is 23.5 Å². The summed E-state index contributed by atoms with van der Waals surface area (Å²) in [7, 11) is -3.69. The monoisotopic (exact) mass is 506 g/mol. The fraction of sp³-hybridized carbons (Fsp3) is 0.0357. The van der Waals surface area contributed by atoms with Crippen LogP contribution < -0.4 is 21.3 Å². The molecule has 0 bridgehead atoms. The fourth-order valence-corrected chi connectivity index (χ4v) is 8.53. The van der Waals surface area contributed by atoms with Crippen LogP contribution in [0.1, 0.15) is 5.56 Å². The number of hydrogen-bond donors (Lipinski definition) is 0. The fourth-order valence-electron chi connectivity index (χ4n) is 4.11. The van der Waals surface area contributed by atoms with Gasteiger partial charge in [0.05, 0.1) is 15.7 Å². The molecule has 0 aliphatic carbocycles. The van der Waals surface area contributed by atoms with Crippen LogP contribution in [-0.4, -0.2) is 0 Å². The second kappa shape index (κ2) is 8.95. The molecule has 0 fully saturated rings. The first-order chi connectivity index (χ1) is 16.8. The van der Waals surface area contributed by atoms with Gasteiger partial charge in [-0.2, -0.15) is 13.2 Å². The average molecular weight is 506 g/mol. The summed E-state index contributed by atoms with van der Waals surface area (Å²) in [6, 6.07) is 29.2. The molecule has 2 nitrogen and oxygen atoms in total. The third kappa shape index (κ3) is 4.13. The van der Waals surface area contributed by atoms with Crippen LogP contribution >= 0.6 is 18.5 Å². The smallest absolute Gasteiger partial charge is 0.308 e. The molecule has 5 rings (SSSR count). The van der Waals surface area contributed by atoms with E-state index in [1.54, 1.807) is 84.9 Å². The highest BCUT2D eigenvalue weighted by atomic mass is 32.1. The van der Waals surface area contributed by atoms with Gasteiger partial charge in [0.25, 0.3) is 0 Å². The molecule has 0 aliphatic rings. The lowest BCUT2D eigenvalue weighted by Gasteiger charge is -2.22. The van der Waals surface area contributed by atoms with E-state index in [-0.39, 0.29) is 10.7 Å². The van der Waals surface area contributed by atoms with Gasteiger partial charge in [-0.05, 0) is 29.8 Å². The maximum Gasteiger partial charge on any atom is 0.416 e. The van der Waals surface area contributed by atoms with E-state index in [4.69, 9.17) is 0 Å². The summed E-state index contributed by atoms with van der Waals surface area (Å²) in [6.07, 6.45) is -4.48. The predicted molar refractivity (Wildman–Crippen MR) is 138 cm³/mol. The SMILES string of the molecule is O=c1c(P(=O)(c2ccccc2)c2ccccc2)c(-c2ccc(C(F)(F)F)cc2)sc2ccccc12. The summed E-state index contributed by atoms with van der Waals surface area (Å²) in [6.45, 7) is 0. The van der Waals surface area contributed by atoms with E-state index in [2.05, 4.69) is 0 Å². The first kappa shape index (κ1) is 23.3. The minimum Gasteiger partial charge on any atom is -0.308 e. The summed E-state index contributed by atoms with van der Waals surface area (Å²) in [5.41, 5.74) is -0.761. The minimum atomic E-state index is -4.48. The zero-order valence-electron chi connectivity index (χ0n) is 18.2. The van der Waals surface area contributed by atoms with Crippen LogP contribution in [0.5, 0.6) is 0 Å². The van der Waals surface area contributed by atoms with Gasteiger partial charge < -0.3 is 4.57 Å². The first-order valence-corrected chi connectivity index (χ1v) is 13.3. The maximum absolute atomic E-state index is 15.1. The summed E-state index contributed by atoms with van der Waals surface area (Å²) in [4.78, 5) is 14.4. The van der Waals surface area contributed by atoms with Crippen molar-refractivity contribution in [2.75, 3.05) is 0 Å². The Hall–Kier alpha value is -3.47. The van der Waals surface area contributed by atoms with E-state index in [1.807, 2.05) is 0 Å². The number of benzene rings is 4. The predicted octanol–water partition coefficient (Wildman–Crippen LogP) is 6.59. The molecule has 4 aromatic carbocycles. The van der Waals surface area contributed by atoms with Crippen molar-refractivity contribution in [3.63, 3.8) is 0 Å². The lowest BCUT2D eigenvalue weighted by molar-refractivity contribution is -0.137. The largest absolute Gasteiger partial charge is 0.416 e. The summed E-state index contributed by atoms with van der Waals surface area (Å²) in [5, 5.41) is 1.51. The number of rotatable bonds is 4. The summed E-state index contributed by atoms with van der Waals surface area (Å²) in [5.74, 6) is 0. The van der Waals surface area contributed by atoms with Gasteiger partial charge in [-0.3, -0.25) is 4.79 Å². The van der Waals surface area contributed by atoms with E-state index in [9.17, 15) is 18.0 Å². The molecular weight excluding hydrogens is 488 g/mol. The number of halogens is 3. The van der Waals surface area contributed by atoms with Crippen molar-refractivity contribution < 1.29 is 17.7 Å². The van der Waals surface area contributed by atoms with Crippen molar-refractivity contribution in [1.29, 1.82) is 0 Å². The van der Waals surface area contributed by atoms with E-state index >= 15 is 4.57 Å². The third-order valence-corrected chi connectivity index (χ3v) is 10.3. The molecule has 0 aliphatic heterocycles. The van der Waals surface area contributed by atoms with Crippen molar-refractivity contribution in [3.05, 3.63) is 125 Å². The molecule has 0 spiro atoms. The molecule has 0 unspecified atom stereocenters. The van der Waals surface area contributed by atoms with Gasteiger partial charge >= 0.3 is 6.18 Å². The maximum atomic E-state index is 15.1. The summed E-state index contributed by atoms with van der Waals surface area (Å²) >= 11 is 1.26. The second-order valence-corrected chi connectivity index (χ2v) is 11.7. The van der Waals surface area contributed by atoms with Crippen LogP contribution in [0.2, 0.25) is 0 Å². The third-order valence-electron chi connectivity index (χ3n) is 5.80. The summed E-state index contributed by atoms with van der Waals surface area (Å²) < 4.78 is 55.4. The van der Waals surface area contributed by atoms with Crippen LogP contribution in [0.25, 0.3) is 20.5 Å². The molecule has 1 heterocycles. The van der Waals surface area contributed by atoms with Crippen LogP contribution in [-0.2, 0) is 10.7 Å². The number of hydrogen-bond acceptors (Lipinski definition) is 3.